The normalized spacial score (nSPS) is 19.2. The Morgan fingerprint density at radius 3 is 2.65 bits per heavy atom. The quantitative estimate of drug-likeness (QED) is 0.726. The van der Waals surface area contributed by atoms with Gasteiger partial charge in [-0.3, -0.25) is 9.59 Å². The van der Waals surface area contributed by atoms with Gasteiger partial charge in [-0.05, 0) is 36.3 Å². The number of hydrogen-bond acceptors (Lipinski definition) is 3. The van der Waals surface area contributed by atoms with Crippen molar-refractivity contribution >= 4 is 39.4 Å². The first-order valence-corrected chi connectivity index (χ1v) is 9.35. The van der Waals surface area contributed by atoms with E-state index >= 15 is 0 Å². The van der Waals surface area contributed by atoms with Crippen molar-refractivity contribution in [2.45, 2.75) is 25.4 Å². The van der Waals surface area contributed by atoms with E-state index in [-0.39, 0.29) is 12.2 Å². The van der Waals surface area contributed by atoms with E-state index < -0.39 is 11.5 Å². The third-order valence-electron chi connectivity index (χ3n) is 4.43. The van der Waals surface area contributed by atoms with Crippen LogP contribution in [0.2, 0.25) is 0 Å². The van der Waals surface area contributed by atoms with E-state index in [4.69, 9.17) is 0 Å². The minimum atomic E-state index is -1.83. The van der Waals surface area contributed by atoms with Crippen LogP contribution >= 0.6 is 15.9 Å². The van der Waals surface area contributed by atoms with Crippen molar-refractivity contribution in [1.82, 2.24) is 0 Å². The predicted molar refractivity (Wildman–Crippen MR) is 106 cm³/mol. The van der Waals surface area contributed by atoms with Gasteiger partial charge in [0.25, 0.3) is 5.91 Å². The van der Waals surface area contributed by atoms with E-state index in [1.807, 2.05) is 43.3 Å². The Kier molecular flexibility index (Phi) is 5.39. The van der Waals surface area contributed by atoms with Gasteiger partial charge in [-0.25, -0.2) is 0 Å². The summed E-state index contributed by atoms with van der Waals surface area (Å²) in [6.07, 6.45) is 3.59. The van der Waals surface area contributed by atoms with Crippen LogP contribution < -0.4 is 4.90 Å². The summed E-state index contributed by atoms with van der Waals surface area (Å²) in [5.74, 6) is -0.733. The molecule has 1 amide bonds. The van der Waals surface area contributed by atoms with Crippen LogP contribution in [0.4, 0.5) is 5.69 Å². The molecule has 4 nitrogen and oxygen atoms in total. The first-order valence-electron chi connectivity index (χ1n) is 8.56. The fourth-order valence-corrected chi connectivity index (χ4v) is 3.56. The molecule has 2 aromatic rings. The van der Waals surface area contributed by atoms with Crippen molar-refractivity contribution in [3.05, 3.63) is 70.2 Å². The van der Waals surface area contributed by atoms with Crippen molar-refractivity contribution in [2.75, 3.05) is 11.4 Å². The van der Waals surface area contributed by atoms with E-state index in [1.54, 1.807) is 23.1 Å². The summed E-state index contributed by atoms with van der Waals surface area (Å²) in [5, 5.41) is 11.1. The Labute approximate surface area is 161 Å². The van der Waals surface area contributed by atoms with E-state index in [0.29, 0.717) is 17.8 Å². The molecule has 26 heavy (non-hydrogen) atoms. The number of allylic oxidation sites excluding steroid dienone is 1. The molecular weight excluding hydrogens is 394 g/mol. The number of rotatable bonds is 6. The first-order chi connectivity index (χ1) is 12.5. The zero-order valence-electron chi connectivity index (χ0n) is 14.5. The van der Waals surface area contributed by atoms with Gasteiger partial charge < -0.3 is 10.0 Å². The van der Waals surface area contributed by atoms with Crippen LogP contribution in [0.3, 0.4) is 0 Å². The summed E-state index contributed by atoms with van der Waals surface area (Å²) in [5.41, 5.74) is 0.211. The van der Waals surface area contributed by atoms with Crippen molar-refractivity contribution < 1.29 is 14.7 Å². The smallest absolute Gasteiger partial charge is 0.264 e. The van der Waals surface area contributed by atoms with Gasteiger partial charge in [0.2, 0.25) is 0 Å². The lowest BCUT2D eigenvalue weighted by Gasteiger charge is -2.22. The number of anilines is 1. The lowest BCUT2D eigenvalue weighted by atomic mass is 9.89. The third-order valence-corrected chi connectivity index (χ3v) is 4.93. The number of fused-ring (bicyclic) bond motifs is 1. The van der Waals surface area contributed by atoms with Crippen LogP contribution in [0.25, 0.3) is 6.08 Å². The summed E-state index contributed by atoms with van der Waals surface area (Å²) >= 11 is 3.38. The zero-order chi connectivity index (χ0) is 18.7. The molecule has 1 N–H and O–H groups in total. The van der Waals surface area contributed by atoms with Gasteiger partial charge in [-0.1, -0.05) is 59.3 Å². The standard InChI is InChI=1S/C21H20BrNO3/c1-2-12-23-19-11-9-16(22)13-18(19)21(26,20(23)25)14-17(24)10-8-15-6-4-3-5-7-15/h3-11,13,26H,2,12,14H2,1H3/b10-8-. The number of halogens is 1. The maximum absolute atomic E-state index is 12.9. The number of ketones is 1. The van der Waals surface area contributed by atoms with Gasteiger partial charge in [0.1, 0.15) is 0 Å². The Morgan fingerprint density at radius 2 is 1.96 bits per heavy atom. The molecule has 0 bridgehead atoms. The van der Waals surface area contributed by atoms with Crippen LogP contribution in [0.5, 0.6) is 0 Å². The number of hydrogen-bond donors (Lipinski definition) is 1. The van der Waals surface area contributed by atoms with Gasteiger partial charge in [0.05, 0.1) is 12.1 Å². The molecule has 1 aliphatic heterocycles. The molecule has 2 aromatic carbocycles. The fourth-order valence-electron chi connectivity index (χ4n) is 3.20. The van der Waals surface area contributed by atoms with Crippen molar-refractivity contribution in [1.29, 1.82) is 0 Å². The van der Waals surface area contributed by atoms with Gasteiger partial charge in [-0.2, -0.15) is 0 Å². The van der Waals surface area contributed by atoms with Crippen LogP contribution in [0.1, 0.15) is 30.9 Å². The summed E-state index contributed by atoms with van der Waals surface area (Å²) in [6.45, 7) is 2.47. The molecule has 0 saturated heterocycles. The Morgan fingerprint density at radius 1 is 1.23 bits per heavy atom. The summed E-state index contributed by atoms with van der Waals surface area (Å²) in [4.78, 5) is 26.9. The Bertz CT molecular complexity index is 863. The number of benzene rings is 2. The molecule has 0 aliphatic carbocycles. The molecular formula is C21H20BrNO3. The molecule has 1 atom stereocenters. The summed E-state index contributed by atoms with van der Waals surface area (Å²) in [7, 11) is 0. The molecule has 1 heterocycles. The fraction of sp³-hybridized carbons (Fsp3) is 0.238. The summed E-state index contributed by atoms with van der Waals surface area (Å²) < 4.78 is 0.758. The van der Waals surface area contributed by atoms with Crippen LogP contribution in [-0.2, 0) is 15.2 Å². The molecule has 0 radical (unpaired) electrons. The summed E-state index contributed by atoms with van der Waals surface area (Å²) in [6, 6.07) is 14.8. The molecule has 0 saturated carbocycles. The highest BCUT2D eigenvalue weighted by atomic mass is 79.9. The van der Waals surface area contributed by atoms with Gasteiger partial charge in [-0.15, -0.1) is 0 Å². The highest BCUT2D eigenvalue weighted by Gasteiger charge is 2.50. The molecule has 0 fully saturated rings. The molecule has 0 spiro atoms. The maximum atomic E-state index is 12.9. The first kappa shape index (κ1) is 18.5. The van der Waals surface area contributed by atoms with E-state index in [9.17, 15) is 14.7 Å². The number of nitrogens with zero attached hydrogens (tertiary/aromatic N) is 1. The van der Waals surface area contributed by atoms with E-state index in [1.165, 1.54) is 6.08 Å². The molecule has 134 valence electrons. The number of carbonyl (C=O) groups is 2. The molecule has 0 aromatic heterocycles. The molecule has 1 aliphatic rings. The van der Waals surface area contributed by atoms with Crippen molar-refractivity contribution in [3.63, 3.8) is 0 Å². The van der Waals surface area contributed by atoms with Crippen molar-refractivity contribution in [2.24, 2.45) is 0 Å². The van der Waals surface area contributed by atoms with Crippen molar-refractivity contribution in [3.8, 4) is 0 Å². The SMILES string of the molecule is CCCN1C(=O)C(O)(CC(=O)/C=C\c2ccccc2)c2cc(Br)ccc21. The minimum Gasteiger partial charge on any atom is -0.375 e. The average Bonchev–Trinajstić information content (AvgIpc) is 2.83. The second-order valence-corrected chi connectivity index (χ2v) is 7.28. The van der Waals surface area contributed by atoms with Crippen LogP contribution in [0.15, 0.2) is 59.1 Å². The second-order valence-electron chi connectivity index (χ2n) is 6.37. The monoisotopic (exact) mass is 413 g/mol. The Balaban J connectivity index is 1.88. The van der Waals surface area contributed by atoms with E-state index in [0.717, 1.165) is 16.5 Å². The zero-order valence-corrected chi connectivity index (χ0v) is 16.1. The number of amides is 1. The minimum absolute atomic E-state index is 0.279. The number of carbonyl (C=O) groups excluding carboxylic acids is 2. The van der Waals surface area contributed by atoms with Gasteiger partial charge in [0.15, 0.2) is 11.4 Å². The van der Waals surface area contributed by atoms with Gasteiger partial charge in [0, 0.05) is 16.6 Å². The number of aliphatic hydroxyl groups is 1. The van der Waals surface area contributed by atoms with E-state index in [2.05, 4.69) is 15.9 Å². The molecule has 3 rings (SSSR count). The molecule has 1 unspecified atom stereocenters. The molecule has 5 heteroatoms. The third kappa shape index (κ3) is 3.50. The average molecular weight is 414 g/mol. The Hall–Kier alpha value is -2.24. The second kappa shape index (κ2) is 7.56. The maximum Gasteiger partial charge on any atom is 0.264 e. The lowest BCUT2D eigenvalue weighted by molar-refractivity contribution is -0.140. The van der Waals surface area contributed by atoms with Crippen LogP contribution in [0, 0.1) is 0 Å². The topological polar surface area (TPSA) is 57.6 Å². The highest BCUT2D eigenvalue weighted by Crippen LogP contribution is 2.43. The largest absolute Gasteiger partial charge is 0.375 e. The van der Waals surface area contributed by atoms with Crippen LogP contribution in [-0.4, -0.2) is 23.3 Å². The lowest BCUT2D eigenvalue weighted by Crippen LogP contribution is -2.41. The van der Waals surface area contributed by atoms with Gasteiger partial charge >= 0.3 is 0 Å². The predicted octanol–water partition coefficient (Wildman–Crippen LogP) is 4.07. The highest BCUT2D eigenvalue weighted by molar-refractivity contribution is 9.10.